The number of rotatable bonds is 4. The zero-order chi connectivity index (χ0) is 14.0. The van der Waals surface area contributed by atoms with Crippen molar-refractivity contribution in [2.24, 2.45) is 0 Å². The lowest BCUT2D eigenvalue weighted by Crippen LogP contribution is -2.11. The van der Waals surface area contributed by atoms with Crippen LogP contribution in [0.15, 0.2) is 11.1 Å². The molecule has 0 aliphatic rings. The summed E-state index contributed by atoms with van der Waals surface area (Å²) in [5.74, 6) is 0. The third-order valence-electron chi connectivity index (χ3n) is 2.21. The van der Waals surface area contributed by atoms with Crippen molar-refractivity contribution in [2.45, 2.75) is 51.0 Å². The summed E-state index contributed by atoms with van der Waals surface area (Å²) < 4.78 is 4.78. The van der Waals surface area contributed by atoms with E-state index in [1.807, 2.05) is 11.5 Å². The van der Waals surface area contributed by atoms with Gasteiger partial charge < -0.3 is 4.74 Å². The highest BCUT2D eigenvalue weighted by Crippen LogP contribution is 2.23. The molecule has 0 amide bonds. The maximum absolute atomic E-state index is 8.39. The Bertz CT molecular complexity index is 359. The van der Waals surface area contributed by atoms with Gasteiger partial charge in [-0.05, 0) is 12.5 Å². The fraction of sp³-hybridized carbons (Fsp3) is 0.692. The lowest BCUT2D eigenvalue weighted by Gasteiger charge is -2.14. The Hall–Kier alpha value is -0.990. The van der Waals surface area contributed by atoms with Gasteiger partial charge in [0.1, 0.15) is 10.4 Å². The van der Waals surface area contributed by atoms with Gasteiger partial charge in [0, 0.05) is 36.6 Å². The van der Waals surface area contributed by atoms with E-state index in [2.05, 4.69) is 37.9 Å². The molecule has 0 unspecified atom stereocenters. The van der Waals surface area contributed by atoms with Gasteiger partial charge in [0.05, 0.1) is 0 Å². The molecule has 0 fully saturated rings. The topological polar surface area (TPSA) is 61.7 Å². The molecule has 0 aromatic carbocycles. The van der Waals surface area contributed by atoms with Crippen LogP contribution < -0.4 is 0 Å². The number of thioether (sulfide) groups is 1. The van der Waals surface area contributed by atoms with E-state index in [1.54, 1.807) is 7.11 Å². The number of aromatic amines is 1. The minimum atomic E-state index is 0.0707. The molecule has 0 bridgehead atoms. The molecular weight excluding hydrogens is 246 g/mol. The summed E-state index contributed by atoms with van der Waals surface area (Å²) in [6.45, 7) is 9.36. The Kier molecular flexibility index (Phi) is 8.51. The second kappa shape index (κ2) is 9.01. The van der Waals surface area contributed by atoms with E-state index in [1.165, 1.54) is 12.8 Å². The molecule has 102 valence electrons. The number of nitrogens with zero attached hydrogens (tertiary/aromatic N) is 2. The minimum Gasteiger partial charge on any atom is -0.385 e. The van der Waals surface area contributed by atoms with Gasteiger partial charge in [0.15, 0.2) is 0 Å². The average molecular weight is 269 g/mol. The van der Waals surface area contributed by atoms with Gasteiger partial charge in [-0.1, -0.05) is 34.1 Å². The molecule has 0 spiro atoms. The number of ether oxygens (including phenoxy) is 1. The molecule has 0 saturated carbocycles. The number of methoxy groups -OCH3 is 1. The summed E-state index contributed by atoms with van der Waals surface area (Å²) >= 11 is 1.08. The van der Waals surface area contributed by atoms with Gasteiger partial charge in [0.25, 0.3) is 0 Å². The Morgan fingerprint density at radius 3 is 2.50 bits per heavy atom. The molecule has 1 aromatic heterocycles. The standard InChI is InChI=1S/C8H11N3S.C5H12O/c1-8(2,3)6-4-7(11-10-6)12-5-9;1-3-4-5-6-2/h4H,1-3H3,(H,10,11);3-5H2,1-2H3. The van der Waals surface area contributed by atoms with E-state index in [0.717, 1.165) is 29.1 Å². The van der Waals surface area contributed by atoms with Crippen molar-refractivity contribution in [1.29, 1.82) is 5.26 Å². The van der Waals surface area contributed by atoms with Crippen molar-refractivity contribution < 1.29 is 4.74 Å². The van der Waals surface area contributed by atoms with E-state index in [4.69, 9.17) is 10.00 Å². The predicted octanol–water partition coefficient (Wildman–Crippen LogP) is 3.71. The second-order valence-electron chi connectivity index (χ2n) is 4.91. The summed E-state index contributed by atoms with van der Waals surface area (Å²) in [7, 11) is 1.73. The molecule has 0 saturated heterocycles. The second-order valence-corrected chi connectivity index (χ2v) is 5.71. The van der Waals surface area contributed by atoms with Crippen LogP contribution in [0.4, 0.5) is 0 Å². The first-order valence-electron chi connectivity index (χ1n) is 6.06. The number of unbranched alkanes of at least 4 members (excludes halogenated alkanes) is 1. The Morgan fingerprint density at radius 2 is 2.17 bits per heavy atom. The first kappa shape index (κ1) is 17.0. The lowest BCUT2D eigenvalue weighted by molar-refractivity contribution is 0.194. The fourth-order valence-corrected chi connectivity index (χ4v) is 1.44. The Morgan fingerprint density at radius 1 is 1.50 bits per heavy atom. The normalized spacial score (nSPS) is 10.4. The van der Waals surface area contributed by atoms with Crippen molar-refractivity contribution in [3.63, 3.8) is 0 Å². The highest BCUT2D eigenvalue weighted by Gasteiger charge is 2.16. The molecule has 0 aliphatic heterocycles. The van der Waals surface area contributed by atoms with Crippen LogP contribution in [0.3, 0.4) is 0 Å². The number of H-pyrrole nitrogens is 1. The monoisotopic (exact) mass is 269 g/mol. The van der Waals surface area contributed by atoms with Crippen molar-refractivity contribution >= 4 is 11.8 Å². The van der Waals surface area contributed by atoms with Gasteiger partial charge >= 0.3 is 0 Å². The Balaban J connectivity index is 0.000000411. The van der Waals surface area contributed by atoms with Gasteiger partial charge in [-0.3, -0.25) is 5.10 Å². The molecule has 1 N–H and O–H groups in total. The number of nitrogens with one attached hydrogen (secondary N) is 1. The Labute approximate surface area is 114 Å². The van der Waals surface area contributed by atoms with E-state index in [-0.39, 0.29) is 5.41 Å². The maximum atomic E-state index is 8.39. The van der Waals surface area contributed by atoms with Crippen LogP contribution in [0.2, 0.25) is 0 Å². The molecule has 0 atom stereocenters. The van der Waals surface area contributed by atoms with Crippen molar-refractivity contribution in [2.75, 3.05) is 13.7 Å². The van der Waals surface area contributed by atoms with Gasteiger partial charge in [-0.15, -0.1) is 0 Å². The molecule has 1 heterocycles. The van der Waals surface area contributed by atoms with Crippen molar-refractivity contribution in [1.82, 2.24) is 10.2 Å². The zero-order valence-corrected chi connectivity index (χ0v) is 12.7. The summed E-state index contributed by atoms with van der Waals surface area (Å²) in [4.78, 5) is 0. The van der Waals surface area contributed by atoms with Gasteiger partial charge in [-0.2, -0.15) is 10.4 Å². The zero-order valence-electron chi connectivity index (χ0n) is 11.9. The predicted molar refractivity (Wildman–Crippen MR) is 75.5 cm³/mol. The summed E-state index contributed by atoms with van der Waals surface area (Å²) in [6, 6.07) is 1.91. The number of aromatic nitrogens is 2. The molecule has 18 heavy (non-hydrogen) atoms. The third-order valence-corrected chi connectivity index (χ3v) is 2.72. The first-order valence-corrected chi connectivity index (χ1v) is 6.88. The fourth-order valence-electron chi connectivity index (χ4n) is 1.08. The number of thiocyanates is 1. The van der Waals surface area contributed by atoms with Crippen LogP contribution >= 0.6 is 11.8 Å². The van der Waals surface area contributed by atoms with Crippen molar-refractivity contribution in [3.8, 4) is 5.40 Å². The molecular formula is C13H23N3OS. The van der Waals surface area contributed by atoms with Crippen LogP contribution in [-0.2, 0) is 10.2 Å². The highest BCUT2D eigenvalue weighted by atomic mass is 32.2. The molecule has 1 rings (SSSR count). The van der Waals surface area contributed by atoms with Crippen LogP contribution in [0.25, 0.3) is 0 Å². The van der Waals surface area contributed by atoms with Crippen LogP contribution in [-0.4, -0.2) is 23.9 Å². The molecule has 0 aliphatic carbocycles. The average Bonchev–Trinajstić information content (AvgIpc) is 2.76. The molecule has 0 radical (unpaired) electrons. The lowest BCUT2D eigenvalue weighted by atomic mass is 9.93. The van der Waals surface area contributed by atoms with Gasteiger partial charge in [-0.25, -0.2) is 0 Å². The number of hydrogen-bond acceptors (Lipinski definition) is 4. The third kappa shape index (κ3) is 7.36. The maximum Gasteiger partial charge on any atom is 0.140 e. The number of hydrogen-bond donors (Lipinski definition) is 1. The smallest absolute Gasteiger partial charge is 0.140 e. The summed E-state index contributed by atoms with van der Waals surface area (Å²) in [6.07, 6.45) is 2.42. The van der Waals surface area contributed by atoms with E-state index in [0.29, 0.717) is 0 Å². The van der Waals surface area contributed by atoms with Crippen molar-refractivity contribution in [3.05, 3.63) is 11.8 Å². The quantitative estimate of drug-likeness (QED) is 0.514. The molecule has 4 nitrogen and oxygen atoms in total. The SMILES string of the molecule is CC(C)(C)c1cc(SC#N)n[nH]1.CCCCOC. The van der Waals surface area contributed by atoms with Crippen LogP contribution in [0.1, 0.15) is 46.2 Å². The van der Waals surface area contributed by atoms with Crippen LogP contribution in [0, 0.1) is 10.7 Å². The minimum absolute atomic E-state index is 0.0707. The van der Waals surface area contributed by atoms with Crippen LogP contribution in [0.5, 0.6) is 0 Å². The van der Waals surface area contributed by atoms with Gasteiger partial charge in [0.2, 0.25) is 0 Å². The summed E-state index contributed by atoms with van der Waals surface area (Å²) in [5, 5.41) is 18.0. The first-order chi connectivity index (χ1) is 8.45. The molecule has 1 aromatic rings. The summed E-state index contributed by atoms with van der Waals surface area (Å²) in [5.41, 5.74) is 1.13. The largest absolute Gasteiger partial charge is 0.385 e. The van der Waals surface area contributed by atoms with E-state index < -0.39 is 0 Å². The highest BCUT2D eigenvalue weighted by molar-refractivity contribution is 8.03. The van der Waals surface area contributed by atoms with E-state index >= 15 is 0 Å². The molecule has 5 heteroatoms. The van der Waals surface area contributed by atoms with E-state index in [9.17, 15) is 0 Å². The number of nitriles is 1.